The van der Waals surface area contributed by atoms with E-state index in [-0.39, 0.29) is 11.8 Å². The van der Waals surface area contributed by atoms with E-state index in [9.17, 15) is 4.79 Å². The Labute approximate surface area is 105 Å². The van der Waals surface area contributed by atoms with Crippen LogP contribution in [0.1, 0.15) is 35.9 Å². The number of anilines is 1. The molecule has 0 saturated carbocycles. The fourth-order valence-electron chi connectivity index (χ4n) is 1.41. The Morgan fingerprint density at radius 1 is 1.28 bits per heavy atom. The summed E-state index contributed by atoms with van der Waals surface area (Å²) >= 11 is 0. The van der Waals surface area contributed by atoms with Crippen LogP contribution < -0.4 is 5.32 Å². The van der Waals surface area contributed by atoms with Crippen molar-refractivity contribution in [2.24, 2.45) is 0 Å². The van der Waals surface area contributed by atoms with Gasteiger partial charge in [-0.15, -0.1) is 0 Å². The van der Waals surface area contributed by atoms with Crippen LogP contribution in [0.2, 0.25) is 0 Å². The predicted octanol–water partition coefficient (Wildman–Crippen LogP) is 2.25. The van der Waals surface area contributed by atoms with Gasteiger partial charge in [-0.05, 0) is 18.2 Å². The van der Waals surface area contributed by atoms with Crippen LogP contribution in [0.3, 0.4) is 0 Å². The molecule has 0 radical (unpaired) electrons. The van der Waals surface area contributed by atoms with E-state index in [0.29, 0.717) is 17.2 Å². The summed E-state index contributed by atoms with van der Waals surface area (Å²) in [6.07, 6.45) is 4.78. The zero-order valence-electron chi connectivity index (χ0n) is 10.3. The molecule has 1 amide bonds. The molecule has 2 heterocycles. The fraction of sp³-hybridized carbons (Fsp3) is 0.231. The molecule has 0 aliphatic carbocycles. The zero-order chi connectivity index (χ0) is 13.0. The van der Waals surface area contributed by atoms with Crippen LogP contribution in [0.25, 0.3) is 0 Å². The Hall–Kier alpha value is -2.30. The smallest absolute Gasteiger partial charge is 0.258 e. The van der Waals surface area contributed by atoms with E-state index in [2.05, 4.69) is 20.3 Å². The molecule has 0 spiro atoms. The third-order valence-corrected chi connectivity index (χ3v) is 2.36. The number of hydrogen-bond acceptors (Lipinski definition) is 4. The zero-order valence-corrected chi connectivity index (χ0v) is 10.3. The number of nitrogens with one attached hydrogen (secondary N) is 1. The monoisotopic (exact) mass is 242 g/mol. The van der Waals surface area contributed by atoms with Crippen molar-refractivity contribution in [1.82, 2.24) is 15.0 Å². The summed E-state index contributed by atoms with van der Waals surface area (Å²) in [6, 6.07) is 5.08. The number of aromatic nitrogens is 3. The summed E-state index contributed by atoms with van der Waals surface area (Å²) in [5.74, 6) is 1.21. The molecule has 0 saturated heterocycles. The number of hydrogen-bond donors (Lipinski definition) is 1. The Bertz CT molecular complexity index is 540. The van der Waals surface area contributed by atoms with Crippen LogP contribution in [0.15, 0.2) is 36.8 Å². The van der Waals surface area contributed by atoms with Crippen LogP contribution in [-0.4, -0.2) is 20.9 Å². The first-order valence-corrected chi connectivity index (χ1v) is 5.71. The molecule has 0 fully saturated rings. The van der Waals surface area contributed by atoms with Gasteiger partial charge in [0.2, 0.25) is 0 Å². The maximum absolute atomic E-state index is 11.9. The summed E-state index contributed by atoms with van der Waals surface area (Å²) in [6.45, 7) is 4.00. The Morgan fingerprint density at radius 2 is 2.11 bits per heavy atom. The van der Waals surface area contributed by atoms with E-state index >= 15 is 0 Å². The number of rotatable bonds is 3. The van der Waals surface area contributed by atoms with Crippen LogP contribution in [0.5, 0.6) is 0 Å². The predicted molar refractivity (Wildman–Crippen MR) is 68.3 cm³/mol. The van der Waals surface area contributed by atoms with Gasteiger partial charge >= 0.3 is 0 Å². The average molecular weight is 242 g/mol. The van der Waals surface area contributed by atoms with Gasteiger partial charge in [0.15, 0.2) is 0 Å². The maximum Gasteiger partial charge on any atom is 0.258 e. The van der Waals surface area contributed by atoms with Crippen molar-refractivity contribution in [2.45, 2.75) is 19.8 Å². The first kappa shape index (κ1) is 12.2. The highest BCUT2D eigenvalue weighted by Gasteiger charge is 2.08. The fourth-order valence-corrected chi connectivity index (χ4v) is 1.41. The molecule has 0 unspecified atom stereocenters. The molecule has 1 N–H and O–H groups in total. The topological polar surface area (TPSA) is 67.8 Å². The third kappa shape index (κ3) is 2.88. The van der Waals surface area contributed by atoms with Crippen molar-refractivity contribution in [1.29, 1.82) is 0 Å². The number of carbonyl (C=O) groups is 1. The lowest BCUT2D eigenvalue weighted by Gasteiger charge is -2.07. The summed E-state index contributed by atoms with van der Waals surface area (Å²) in [4.78, 5) is 24.2. The van der Waals surface area contributed by atoms with Crippen molar-refractivity contribution in [3.63, 3.8) is 0 Å². The molecule has 0 aliphatic heterocycles. The van der Waals surface area contributed by atoms with Gasteiger partial charge in [-0.25, -0.2) is 9.97 Å². The molecule has 0 aromatic carbocycles. The highest BCUT2D eigenvalue weighted by Crippen LogP contribution is 2.11. The molecule has 0 atom stereocenters. The minimum atomic E-state index is -0.225. The number of amides is 1. The molecule has 18 heavy (non-hydrogen) atoms. The van der Waals surface area contributed by atoms with Gasteiger partial charge in [-0.1, -0.05) is 13.8 Å². The Morgan fingerprint density at radius 3 is 2.78 bits per heavy atom. The first-order chi connectivity index (χ1) is 8.66. The van der Waals surface area contributed by atoms with E-state index in [1.54, 1.807) is 30.6 Å². The van der Waals surface area contributed by atoms with E-state index in [1.807, 2.05) is 13.8 Å². The van der Waals surface area contributed by atoms with Gasteiger partial charge in [-0.2, -0.15) is 0 Å². The van der Waals surface area contributed by atoms with Gasteiger partial charge in [0.05, 0.1) is 5.56 Å². The number of pyridine rings is 1. The third-order valence-electron chi connectivity index (χ3n) is 2.36. The van der Waals surface area contributed by atoms with E-state index < -0.39 is 0 Å². The normalized spacial score (nSPS) is 10.4. The standard InChI is InChI=1S/C13H14N4O/c1-9(2)12-15-7-5-11(16-12)17-13(18)10-4-3-6-14-8-10/h3-9H,1-2H3,(H,15,16,17,18). The van der Waals surface area contributed by atoms with E-state index in [1.165, 1.54) is 6.20 Å². The Balaban J connectivity index is 2.15. The highest BCUT2D eigenvalue weighted by molar-refractivity contribution is 6.03. The lowest BCUT2D eigenvalue weighted by atomic mass is 10.2. The van der Waals surface area contributed by atoms with Gasteiger partial charge < -0.3 is 5.32 Å². The highest BCUT2D eigenvalue weighted by atomic mass is 16.1. The van der Waals surface area contributed by atoms with Gasteiger partial charge in [0, 0.05) is 24.5 Å². The van der Waals surface area contributed by atoms with Gasteiger partial charge in [0.1, 0.15) is 11.6 Å². The SMILES string of the molecule is CC(C)c1nccc(NC(=O)c2cccnc2)n1. The minimum absolute atomic E-state index is 0.222. The quantitative estimate of drug-likeness (QED) is 0.896. The molecule has 0 aliphatic rings. The molecule has 2 aromatic heterocycles. The summed E-state index contributed by atoms with van der Waals surface area (Å²) < 4.78 is 0. The van der Waals surface area contributed by atoms with Crippen LogP contribution >= 0.6 is 0 Å². The lowest BCUT2D eigenvalue weighted by Crippen LogP contribution is -2.14. The molecule has 92 valence electrons. The molecular formula is C13H14N4O. The molecule has 0 bridgehead atoms. The van der Waals surface area contributed by atoms with Crippen LogP contribution in [0, 0.1) is 0 Å². The maximum atomic E-state index is 11.9. The lowest BCUT2D eigenvalue weighted by molar-refractivity contribution is 0.102. The second kappa shape index (κ2) is 5.35. The van der Waals surface area contributed by atoms with Crippen molar-refractivity contribution in [2.75, 3.05) is 5.32 Å². The largest absolute Gasteiger partial charge is 0.306 e. The first-order valence-electron chi connectivity index (χ1n) is 5.71. The summed E-state index contributed by atoms with van der Waals surface area (Å²) in [7, 11) is 0. The van der Waals surface area contributed by atoms with Crippen LogP contribution in [-0.2, 0) is 0 Å². The summed E-state index contributed by atoms with van der Waals surface area (Å²) in [5.41, 5.74) is 0.502. The number of carbonyl (C=O) groups excluding carboxylic acids is 1. The minimum Gasteiger partial charge on any atom is -0.306 e. The molecule has 5 nitrogen and oxygen atoms in total. The molecular weight excluding hydrogens is 228 g/mol. The second-order valence-electron chi connectivity index (χ2n) is 4.15. The van der Waals surface area contributed by atoms with Gasteiger partial charge in [-0.3, -0.25) is 9.78 Å². The van der Waals surface area contributed by atoms with Crippen molar-refractivity contribution >= 4 is 11.7 Å². The molecule has 2 rings (SSSR count). The Kier molecular flexibility index (Phi) is 3.62. The molecule has 2 aromatic rings. The van der Waals surface area contributed by atoms with Crippen LogP contribution in [0.4, 0.5) is 5.82 Å². The molecule has 5 heteroatoms. The average Bonchev–Trinajstić information content (AvgIpc) is 2.40. The van der Waals surface area contributed by atoms with Gasteiger partial charge in [0.25, 0.3) is 5.91 Å². The van der Waals surface area contributed by atoms with Crippen molar-refractivity contribution in [3.8, 4) is 0 Å². The second-order valence-corrected chi connectivity index (χ2v) is 4.15. The summed E-state index contributed by atoms with van der Waals surface area (Å²) in [5, 5.41) is 2.72. The van der Waals surface area contributed by atoms with Crippen molar-refractivity contribution < 1.29 is 4.79 Å². The van der Waals surface area contributed by atoms with E-state index in [0.717, 1.165) is 0 Å². The van der Waals surface area contributed by atoms with Crippen molar-refractivity contribution in [3.05, 3.63) is 48.2 Å². The number of nitrogens with zero attached hydrogens (tertiary/aromatic N) is 3. The van der Waals surface area contributed by atoms with E-state index in [4.69, 9.17) is 0 Å².